The molecule has 0 atom stereocenters. The van der Waals surface area contributed by atoms with Gasteiger partial charge in [0.1, 0.15) is 6.61 Å². The Hall–Kier alpha value is -1.43. The van der Waals surface area contributed by atoms with Crippen molar-refractivity contribution < 1.29 is 14.5 Å². The third-order valence-corrected chi connectivity index (χ3v) is 2.67. The minimum absolute atomic E-state index is 0.116. The van der Waals surface area contributed by atoms with Crippen molar-refractivity contribution in [3.8, 4) is 0 Å². The average Bonchev–Trinajstić information content (AvgIpc) is 2.48. The van der Waals surface area contributed by atoms with E-state index >= 15 is 0 Å². The number of nitrogens with zero attached hydrogens (tertiary/aromatic N) is 1. The molecular formula is C8H4BrNO4. The lowest BCUT2D eigenvalue weighted by molar-refractivity contribution is -0.385. The Morgan fingerprint density at radius 1 is 1.50 bits per heavy atom. The van der Waals surface area contributed by atoms with E-state index in [1.165, 1.54) is 12.1 Å². The maximum absolute atomic E-state index is 11.1. The lowest BCUT2D eigenvalue weighted by Crippen LogP contribution is -1.96. The molecule has 0 aliphatic carbocycles. The van der Waals surface area contributed by atoms with E-state index in [2.05, 4.69) is 15.9 Å². The van der Waals surface area contributed by atoms with E-state index in [-0.39, 0.29) is 17.9 Å². The van der Waals surface area contributed by atoms with Crippen molar-refractivity contribution in [2.75, 3.05) is 0 Å². The minimum atomic E-state index is -0.545. The first-order valence-corrected chi connectivity index (χ1v) is 4.53. The second kappa shape index (κ2) is 3.06. The molecule has 1 aliphatic rings. The maximum Gasteiger partial charge on any atom is 0.339 e. The third kappa shape index (κ3) is 1.27. The first-order valence-electron chi connectivity index (χ1n) is 3.73. The first-order chi connectivity index (χ1) is 6.59. The second-order valence-corrected chi connectivity index (χ2v) is 3.64. The normalized spacial score (nSPS) is 13.6. The number of ether oxygens (including phenoxy) is 1. The van der Waals surface area contributed by atoms with Crippen LogP contribution in [0.1, 0.15) is 15.9 Å². The molecule has 14 heavy (non-hydrogen) atoms. The lowest BCUT2D eigenvalue weighted by atomic mass is 10.1. The van der Waals surface area contributed by atoms with Gasteiger partial charge in [-0.05, 0) is 0 Å². The molecule has 1 aromatic carbocycles. The molecule has 0 unspecified atom stereocenters. The van der Waals surface area contributed by atoms with Crippen LogP contribution in [-0.4, -0.2) is 10.9 Å². The number of hydrogen-bond acceptors (Lipinski definition) is 4. The van der Waals surface area contributed by atoms with Gasteiger partial charge in [0.25, 0.3) is 5.69 Å². The molecule has 0 radical (unpaired) electrons. The van der Waals surface area contributed by atoms with Gasteiger partial charge in [-0.3, -0.25) is 10.1 Å². The van der Waals surface area contributed by atoms with Crippen LogP contribution in [0.15, 0.2) is 16.6 Å². The van der Waals surface area contributed by atoms with Crippen LogP contribution in [0.5, 0.6) is 0 Å². The Morgan fingerprint density at radius 3 is 2.86 bits per heavy atom. The quantitative estimate of drug-likeness (QED) is 0.439. The summed E-state index contributed by atoms with van der Waals surface area (Å²) in [7, 11) is 0. The molecule has 0 amide bonds. The first kappa shape index (κ1) is 9.14. The standard InChI is InChI=1S/C8H4BrNO4/c9-7-2-4(10(12)13)1-5-6(7)3-14-8(5)11/h1-2H,3H2. The van der Waals surface area contributed by atoms with E-state index in [4.69, 9.17) is 4.74 Å². The van der Waals surface area contributed by atoms with E-state index < -0.39 is 10.9 Å². The molecule has 72 valence electrons. The molecular weight excluding hydrogens is 254 g/mol. The highest BCUT2D eigenvalue weighted by molar-refractivity contribution is 9.10. The van der Waals surface area contributed by atoms with Crippen molar-refractivity contribution in [2.24, 2.45) is 0 Å². The molecule has 2 rings (SSSR count). The molecule has 0 fully saturated rings. The van der Waals surface area contributed by atoms with Crippen LogP contribution in [0, 0.1) is 10.1 Å². The topological polar surface area (TPSA) is 69.4 Å². The van der Waals surface area contributed by atoms with E-state index in [0.717, 1.165) is 0 Å². The molecule has 6 heteroatoms. The molecule has 0 spiro atoms. The Balaban J connectivity index is 2.64. The monoisotopic (exact) mass is 257 g/mol. The molecule has 0 bridgehead atoms. The number of hydrogen-bond donors (Lipinski definition) is 0. The van der Waals surface area contributed by atoms with Gasteiger partial charge in [0.15, 0.2) is 0 Å². The van der Waals surface area contributed by atoms with Crippen molar-refractivity contribution in [2.45, 2.75) is 6.61 Å². The van der Waals surface area contributed by atoms with Crippen molar-refractivity contribution >= 4 is 27.6 Å². The van der Waals surface area contributed by atoms with Crippen LogP contribution in [0.3, 0.4) is 0 Å². The average molecular weight is 258 g/mol. The number of halogens is 1. The smallest absolute Gasteiger partial charge is 0.339 e. The summed E-state index contributed by atoms with van der Waals surface area (Å²) in [6.45, 7) is 0.173. The molecule has 0 saturated heterocycles. The highest BCUT2D eigenvalue weighted by atomic mass is 79.9. The predicted molar refractivity (Wildman–Crippen MR) is 49.9 cm³/mol. The van der Waals surface area contributed by atoms with Gasteiger partial charge in [0.05, 0.1) is 10.5 Å². The Labute approximate surface area is 87.0 Å². The number of cyclic esters (lactones) is 1. The summed E-state index contributed by atoms with van der Waals surface area (Å²) in [6, 6.07) is 2.59. The molecule has 0 N–H and O–H groups in total. The van der Waals surface area contributed by atoms with Gasteiger partial charge in [-0.1, -0.05) is 15.9 Å². The zero-order chi connectivity index (χ0) is 10.3. The Morgan fingerprint density at radius 2 is 2.21 bits per heavy atom. The van der Waals surface area contributed by atoms with Crippen LogP contribution in [-0.2, 0) is 11.3 Å². The van der Waals surface area contributed by atoms with Gasteiger partial charge in [-0.2, -0.15) is 0 Å². The van der Waals surface area contributed by atoms with Crippen LogP contribution in [0.2, 0.25) is 0 Å². The number of fused-ring (bicyclic) bond motifs is 1. The fourth-order valence-electron chi connectivity index (χ4n) is 1.27. The number of benzene rings is 1. The fraction of sp³-hybridized carbons (Fsp3) is 0.125. The molecule has 1 aromatic rings. The summed E-state index contributed by atoms with van der Waals surface area (Å²) in [4.78, 5) is 21.1. The van der Waals surface area contributed by atoms with E-state index in [9.17, 15) is 14.9 Å². The zero-order valence-corrected chi connectivity index (χ0v) is 8.41. The zero-order valence-electron chi connectivity index (χ0n) is 6.82. The van der Waals surface area contributed by atoms with Gasteiger partial charge in [-0.15, -0.1) is 0 Å². The SMILES string of the molecule is O=C1OCc2c(Br)cc([N+](=O)[O-])cc21. The molecule has 1 heterocycles. The number of esters is 1. The summed E-state index contributed by atoms with van der Waals surface area (Å²) in [5.41, 5.74) is 0.821. The number of rotatable bonds is 1. The number of carbonyl (C=O) groups excluding carboxylic acids is 1. The van der Waals surface area contributed by atoms with Gasteiger partial charge in [-0.25, -0.2) is 4.79 Å². The predicted octanol–water partition coefficient (Wildman–Crippen LogP) is 2.03. The number of non-ortho nitro benzene ring substituents is 1. The summed E-state index contributed by atoms with van der Waals surface area (Å²) in [5.74, 6) is -0.510. The van der Waals surface area contributed by atoms with Gasteiger partial charge >= 0.3 is 5.97 Å². The summed E-state index contributed by atoms with van der Waals surface area (Å²) in [6.07, 6.45) is 0. The van der Waals surface area contributed by atoms with E-state index in [1.807, 2.05) is 0 Å². The Bertz CT molecular complexity index is 443. The van der Waals surface area contributed by atoms with Crippen LogP contribution >= 0.6 is 15.9 Å². The third-order valence-electron chi connectivity index (χ3n) is 1.96. The van der Waals surface area contributed by atoms with Crippen molar-refractivity contribution in [3.63, 3.8) is 0 Å². The molecule has 1 aliphatic heterocycles. The van der Waals surface area contributed by atoms with E-state index in [1.54, 1.807) is 0 Å². The van der Waals surface area contributed by atoms with E-state index in [0.29, 0.717) is 10.0 Å². The molecule has 0 aromatic heterocycles. The highest BCUT2D eigenvalue weighted by Gasteiger charge is 2.26. The number of nitro benzene ring substituents is 1. The van der Waals surface area contributed by atoms with Crippen LogP contribution in [0.25, 0.3) is 0 Å². The summed E-state index contributed by atoms with van der Waals surface area (Å²) < 4.78 is 5.28. The number of carbonyl (C=O) groups is 1. The molecule has 0 saturated carbocycles. The highest BCUT2D eigenvalue weighted by Crippen LogP contribution is 2.31. The minimum Gasteiger partial charge on any atom is -0.457 e. The summed E-state index contributed by atoms with van der Waals surface area (Å²) in [5, 5.41) is 10.5. The van der Waals surface area contributed by atoms with Crippen molar-refractivity contribution in [1.82, 2.24) is 0 Å². The maximum atomic E-state index is 11.1. The van der Waals surface area contributed by atoms with Crippen LogP contribution in [0.4, 0.5) is 5.69 Å². The summed E-state index contributed by atoms with van der Waals surface area (Å²) >= 11 is 3.16. The lowest BCUT2D eigenvalue weighted by Gasteiger charge is -1.97. The Kier molecular flexibility index (Phi) is 1.99. The largest absolute Gasteiger partial charge is 0.457 e. The second-order valence-electron chi connectivity index (χ2n) is 2.79. The molecule has 5 nitrogen and oxygen atoms in total. The van der Waals surface area contributed by atoms with Gasteiger partial charge in [0.2, 0.25) is 0 Å². The van der Waals surface area contributed by atoms with Crippen molar-refractivity contribution in [1.29, 1.82) is 0 Å². The van der Waals surface area contributed by atoms with Crippen LogP contribution < -0.4 is 0 Å². The van der Waals surface area contributed by atoms with Gasteiger partial charge in [0, 0.05) is 22.2 Å². The number of nitro groups is 1. The fourth-order valence-corrected chi connectivity index (χ4v) is 1.83. The van der Waals surface area contributed by atoms with Gasteiger partial charge < -0.3 is 4.74 Å². The van der Waals surface area contributed by atoms with Crippen molar-refractivity contribution in [3.05, 3.63) is 37.8 Å².